The molecule has 0 amide bonds. The fourth-order valence-electron chi connectivity index (χ4n) is 6.60. The first kappa shape index (κ1) is 22.0. The molecule has 0 N–H and O–H groups in total. The van der Waals surface area contributed by atoms with Crippen LogP contribution in [0.2, 0.25) is 0 Å². The Morgan fingerprint density at radius 3 is 2.39 bits per heavy atom. The maximum absolute atomic E-state index is 9.06. The van der Waals surface area contributed by atoms with Gasteiger partial charge in [0.15, 0.2) is 5.58 Å². The third kappa shape index (κ3) is 3.11. The normalized spacial score (nSPS) is 17.5. The third-order valence-corrected chi connectivity index (χ3v) is 8.61. The highest BCUT2D eigenvalue weighted by atomic mass is 16.3. The van der Waals surface area contributed by atoms with Gasteiger partial charge in [0.25, 0.3) is 0 Å². The molecule has 3 heteroatoms. The first-order valence-electron chi connectivity index (χ1n) is 13.6. The van der Waals surface area contributed by atoms with E-state index in [1.54, 1.807) is 6.20 Å². The molecule has 3 heterocycles. The number of rotatable bonds is 2. The van der Waals surface area contributed by atoms with E-state index in [4.69, 9.17) is 5.79 Å². The van der Waals surface area contributed by atoms with Crippen LogP contribution in [0.25, 0.3) is 44.2 Å². The van der Waals surface area contributed by atoms with Crippen molar-refractivity contribution >= 4 is 33.0 Å². The summed E-state index contributed by atoms with van der Waals surface area (Å²) in [7, 11) is 2.19. The lowest BCUT2D eigenvalue weighted by atomic mass is 9.61. The Balaban J connectivity index is 1.89. The molecule has 36 heavy (non-hydrogen) atoms. The molecule has 0 unspecified atom stereocenters. The maximum atomic E-state index is 9.06. The van der Waals surface area contributed by atoms with Crippen LogP contribution in [0.5, 0.6) is 0 Å². The lowest BCUT2D eigenvalue weighted by Gasteiger charge is -2.42. The van der Waals surface area contributed by atoms with Crippen molar-refractivity contribution in [2.75, 3.05) is 0 Å². The summed E-state index contributed by atoms with van der Waals surface area (Å²) in [6, 6.07) is 15.0. The number of nitrogens with zero attached hydrogens (tertiary/aromatic N) is 2. The lowest BCUT2D eigenvalue weighted by molar-refractivity contribution is -0.634. The van der Waals surface area contributed by atoms with Gasteiger partial charge in [-0.3, -0.25) is 0 Å². The molecule has 3 aromatic heterocycles. The Kier molecular flexibility index (Phi) is 4.68. The van der Waals surface area contributed by atoms with Crippen LogP contribution in [0, 0.1) is 6.92 Å². The molecule has 0 bridgehead atoms. The Bertz CT molecular complexity index is 1730. The second-order valence-electron chi connectivity index (χ2n) is 12.2. The summed E-state index contributed by atoms with van der Waals surface area (Å²) in [6.07, 6.45) is 4.01. The fraction of sp³-hybridized carbons (Fsp3) is 0.394. The van der Waals surface area contributed by atoms with Crippen molar-refractivity contribution in [1.82, 2.24) is 4.98 Å². The van der Waals surface area contributed by atoms with Gasteiger partial charge in [0, 0.05) is 30.0 Å². The van der Waals surface area contributed by atoms with Gasteiger partial charge in [-0.25, -0.2) is 4.98 Å². The standard InChI is InChI=1S/C33H37N2O/c1-19(2)21-11-9-13-24-26(21)27-28(33(6,7)17-16-32(27,4)5)29(35(24)8)25-20(3)14-15-22-23-12-10-18-34-31(23)36-30(22)25/h9-15,18-19H,16-17H2,1-8H3/q+1/i19D. The highest BCUT2D eigenvalue weighted by Gasteiger charge is 2.45. The summed E-state index contributed by atoms with van der Waals surface area (Å²) >= 11 is 0. The van der Waals surface area contributed by atoms with Gasteiger partial charge in [-0.2, -0.15) is 4.57 Å². The summed E-state index contributed by atoms with van der Waals surface area (Å²) < 4.78 is 18.0. The van der Waals surface area contributed by atoms with E-state index in [2.05, 4.69) is 87.6 Å². The monoisotopic (exact) mass is 478 g/mol. The number of hydrogen-bond acceptors (Lipinski definition) is 2. The minimum Gasteiger partial charge on any atom is -0.437 e. The van der Waals surface area contributed by atoms with Gasteiger partial charge >= 0.3 is 0 Å². The zero-order valence-corrected chi connectivity index (χ0v) is 22.8. The smallest absolute Gasteiger partial charge is 0.227 e. The number of aromatic nitrogens is 2. The van der Waals surface area contributed by atoms with Crippen molar-refractivity contribution in [2.24, 2.45) is 7.05 Å². The predicted molar refractivity (Wildman–Crippen MR) is 150 cm³/mol. The van der Waals surface area contributed by atoms with Crippen LogP contribution in [0.4, 0.5) is 0 Å². The number of aryl methyl sites for hydroxylation is 2. The molecule has 0 fully saturated rings. The second-order valence-corrected chi connectivity index (χ2v) is 12.2. The van der Waals surface area contributed by atoms with Crippen molar-refractivity contribution in [3.63, 3.8) is 0 Å². The van der Waals surface area contributed by atoms with Gasteiger partial charge in [-0.15, -0.1) is 0 Å². The van der Waals surface area contributed by atoms with Gasteiger partial charge in [0.2, 0.25) is 16.9 Å². The van der Waals surface area contributed by atoms with Crippen LogP contribution < -0.4 is 4.57 Å². The highest BCUT2D eigenvalue weighted by molar-refractivity contribution is 6.09. The van der Waals surface area contributed by atoms with E-state index in [0.717, 1.165) is 40.3 Å². The number of pyridine rings is 2. The SMILES string of the molecule is [2H]C(C)(C)c1cccc2c1c1c(c(-c3c(C)ccc4c3oc3ncccc34)[n+]2C)C(C)(C)CCC1(C)C. The van der Waals surface area contributed by atoms with Crippen LogP contribution >= 0.6 is 0 Å². The minimum absolute atomic E-state index is 0.0231. The van der Waals surface area contributed by atoms with E-state index in [0.29, 0.717) is 5.71 Å². The molecule has 184 valence electrons. The van der Waals surface area contributed by atoms with E-state index in [1.165, 1.54) is 33.3 Å². The second kappa shape index (κ2) is 7.65. The van der Waals surface area contributed by atoms with E-state index >= 15 is 0 Å². The topological polar surface area (TPSA) is 29.9 Å². The molecule has 0 radical (unpaired) electrons. The largest absolute Gasteiger partial charge is 0.437 e. The Morgan fingerprint density at radius 2 is 1.67 bits per heavy atom. The van der Waals surface area contributed by atoms with E-state index in [1.807, 2.05) is 19.9 Å². The van der Waals surface area contributed by atoms with Crippen LogP contribution in [0.15, 0.2) is 53.1 Å². The van der Waals surface area contributed by atoms with Crippen molar-refractivity contribution in [2.45, 2.75) is 78.0 Å². The van der Waals surface area contributed by atoms with Crippen molar-refractivity contribution in [3.05, 3.63) is 70.9 Å². The molecule has 3 nitrogen and oxygen atoms in total. The van der Waals surface area contributed by atoms with Crippen molar-refractivity contribution in [1.29, 1.82) is 0 Å². The highest BCUT2D eigenvalue weighted by Crippen LogP contribution is 2.53. The number of benzene rings is 2. The first-order valence-corrected chi connectivity index (χ1v) is 13.1. The molecule has 5 aromatic rings. The average molecular weight is 479 g/mol. The minimum atomic E-state index is -0.709. The quantitative estimate of drug-likeness (QED) is 0.238. The molecule has 0 saturated heterocycles. The van der Waals surface area contributed by atoms with E-state index in [9.17, 15) is 0 Å². The third-order valence-electron chi connectivity index (χ3n) is 8.61. The molecular formula is C33H37N2O+. The zero-order chi connectivity index (χ0) is 26.5. The summed E-state index contributed by atoms with van der Waals surface area (Å²) in [5.41, 5.74) is 10.1. The van der Waals surface area contributed by atoms with Gasteiger partial charge in [0.05, 0.1) is 10.9 Å². The molecular weight excluding hydrogens is 440 g/mol. The van der Waals surface area contributed by atoms with Crippen molar-refractivity contribution < 1.29 is 10.4 Å². The summed E-state index contributed by atoms with van der Waals surface area (Å²) in [6.45, 7) is 15.8. The van der Waals surface area contributed by atoms with Crippen LogP contribution in [0.3, 0.4) is 0 Å². The first-order chi connectivity index (χ1) is 17.3. The van der Waals surface area contributed by atoms with Gasteiger partial charge in [-0.1, -0.05) is 65.8 Å². The van der Waals surface area contributed by atoms with Gasteiger partial charge in [0.1, 0.15) is 7.05 Å². The van der Waals surface area contributed by atoms with Crippen LogP contribution in [-0.4, -0.2) is 4.98 Å². The lowest BCUT2D eigenvalue weighted by Crippen LogP contribution is -2.43. The van der Waals surface area contributed by atoms with Crippen LogP contribution in [-0.2, 0) is 17.9 Å². The molecule has 0 saturated carbocycles. The van der Waals surface area contributed by atoms with Crippen molar-refractivity contribution in [3.8, 4) is 11.3 Å². The molecule has 0 aliphatic heterocycles. The molecule has 0 atom stereocenters. The fourth-order valence-corrected chi connectivity index (χ4v) is 6.60. The van der Waals surface area contributed by atoms with Gasteiger partial charge < -0.3 is 4.42 Å². The molecule has 6 rings (SSSR count). The number of furan rings is 1. The zero-order valence-electron chi connectivity index (χ0n) is 23.8. The molecule has 1 aliphatic rings. The average Bonchev–Trinajstić information content (AvgIpc) is 3.20. The summed E-state index contributed by atoms with van der Waals surface area (Å²) in [5, 5.41) is 3.40. The summed E-state index contributed by atoms with van der Waals surface area (Å²) in [5.74, 6) is -0.709. The molecule has 1 aliphatic carbocycles. The maximum Gasteiger partial charge on any atom is 0.227 e. The summed E-state index contributed by atoms with van der Waals surface area (Å²) in [4.78, 5) is 4.54. The number of fused-ring (bicyclic) bond motifs is 6. The Morgan fingerprint density at radius 1 is 0.944 bits per heavy atom. The Labute approximate surface area is 215 Å². The van der Waals surface area contributed by atoms with Gasteiger partial charge in [-0.05, 0) is 65.3 Å². The number of hydrogen-bond donors (Lipinski definition) is 0. The Hall–Kier alpha value is -3.20. The predicted octanol–water partition coefficient (Wildman–Crippen LogP) is 8.41. The molecule has 2 aromatic carbocycles. The van der Waals surface area contributed by atoms with E-state index < -0.39 is 5.89 Å². The van der Waals surface area contributed by atoms with Crippen LogP contribution in [0.1, 0.15) is 83.9 Å². The molecule has 0 spiro atoms. The van der Waals surface area contributed by atoms with E-state index in [-0.39, 0.29) is 10.8 Å².